The highest BCUT2D eigenvalue weighted by Crippen LogP contribution is 2.34. The molecule has 0 heterocycles. The third kappa shape index (κ3) is 2.91. The van der Waals surface area contributed by atoms with Crippen molar-refractivity contribution in [2.45, 2.75) is 26.2 Å². The molecular formula is C13H19N3O2. The van der Waals surface area contributed by atoms with Crippen molar-refractivity contribution in [3.05, 3.63) is 28.3 Å². The zero-order chi connectivity index (χ0) is 13.1. The molecule has 0 radical (unpaired) electrons. The molecule has 0 bridgehead atoms. The molecule has 98 valence electrons. The maximum absolute atomic E-state index is 10.7. The van der Waals surface area contributed by atoms with E-state index in [9.17, 15) is 10.1 Å². The second-order valence-electron chi connectivity index (χ2n) is 4.89. The van der Waals surface area contributed by atoms with Crippen LogP contribution in [-0.2, 0) is 0 Å². The Balaban J connectivity index is 2.20. The third-order valence-corrected chi connectivity index (χ3v) is 3.23. The average Bonchev–Trinajstić information content (AvgIpc) is 3.12. The highest BCUT2D eigenvalue weighted by Gasteiger charge is 2.25. The van der Waals surface area contributed by atoms with Gasteiger partial charge in [-0.2, -0.15) is 0 Å². The number of nitrogens with zero attached hydrogens (tertiary/aromatic N) is 2. The first-order valence-corrected chi connectivity index (χ1v) is 6.40. The lowest BCUT2D eigenvalue weighted by atomic mass is 10.2. The van der Waals surface area contributed by atoms with Crippen LogP contribution in [0.1, 0.15) is 26.2 Å². The minimum Gasteiger partial charge on any atom is -0.397 e. The monoisotopic (exact) mass is 249 g/mol. The van der Waals surface area contributed by atoms with Crippen molar-refractivity contribution >= 4 is 17.1 Å². The number of nitrogens with two attached hydrogens (primary N) is 1. The Kier molecular flexibility index (Phi) is 3.69. The van der Waals surface area contributed by atoms with Crippen LogP contribution < -0.4 is 10.6 Å². The lowest BCUT2D eigenvalue weighted by molar-refractivity contribution is -0.384. The Morgan fingerprint density at radius 2 is 2.22 bits per heavy atom. The van der Waals surface area contributed by atoms with Gasteiger partial charge < -0.3 is 10.6 Å². The van der Waals surface area contributed by atoms with Gasteiger partial charge in [0.1, 0.15) is 0 Å². The molecule has 1 fully saturated rings. The molecule has 2 N–H and O–H groups in total. The highest BCUT2D eigenvalue weighted by atomic mass is 16.6. The summed E-state index contributed by atoms with van der Waals surface area (Å²) in [6, 6.07) is 4.75. The largest absolute Gasteiger partial charge is 0.397 e. The molecule has 0 aromatic heterocycles. The summed E-state index contributed by atoms with van der Waals surface area (Å²) in [6.07, 6.45) is 3.61. The fraction of sp³-hybridized carbons (Fsp3) is 0.538. The minimum atomic E-state index is -0.412. The van der Waals surface area contributed by atoms with Gasteiger partial charge >= 0.3 is 0 Å². The zero-order valence-corrected chi connectivity index (χ0v) is 10.6. The van der Waals surface area contributed by atoms with Crippen LogP contribution in [0.5, 0.6) is 0 Å². The SMILES string of the molecule is CCCN(CC1CC1)c1ccc([N+](=O)[O-])cc1N. The zero-order valence-electron chi connectivity index (χ0n) is 10.6. The van der Waals surface area contributed by atoms with Crippen molar-refractivity contribution in [2.75, 3.05) is 23.7 Å². The number of anilines is 2. The van der Waals surface area contributed by atoms with Gasteiger partial charge in [-0.25, -0.2) is 0 Å². The van der Waals surface area contributed by atoms with E-state index < -0.39 is 4.92 Å². The smallest absolute Gasteiger partial charge is 0.271 e. The van der Waals surface area contributed by atoms with E-state index in [1.165, 1.54) is 25.0 Å². The first kappa shape index (κ1) is 12.7. The first-order chi connectivity index (χ1) is 8.61. The van der Waals surface area contributed by atoms with Crippen LogP contribution in [0.2, 0.25) is 0 Å². The Morgan fingerprint density at radius 1 is 1.50 bits per heavy atom. The van der Waals surface area contributed by atoms with Gasteiger partial charge in [-0.15, -0.1) is 0 Å². The predicted octanol–water partition coefficient (Wildman–Crippen LogP) is 2.80. The Morgan fingerprint density at radius 3 is 2.72 bits per heavy atom. The van der Waals surface area contributed by atoms with Gasteiger partial charge in [0, 0.05) is 25.2 Å². The average molecular weight is 249 g/mol. The number of nitro groups is 1. The van der Waals surface area contributed by atoms with E-state index in [1.807, 2.05) is 0 Å². The maximum Gasteiger partial charge on any atom is 0.271 e. The van der Waals surface area contributed by atoms with E-state index in [1.54, 1.807) is 6.07 Å². The van der Waals surface area contributed by atoms with Gasteiger partial charge in [0.15, 0.2) is 0 Å². The van der Waals surface area contributed by atoms with E-state index in [2.05, 4.69) is 11.8 Å². The number of non-ortho nitro benzene ring substituents is 1. The standard InChI is InChI=1S/C13H19N3O2/c1-2-7-15(9-10-3-4-10)13-6-5-11(16(17)18)8-12(13)14/h5-6,8,10H,2-4,7,9,14H2,1H3. The number of benzene rings is 1. The lowest BCUT2D eigenvalue weighted by Crippen LogP contribution is -2.27. The van der Waals surface area contributed by atoms with Crippen molar-refractivity contribution in [3.63, 3.8) is 0 Å². The van der Waals surface area contributed by atoms with E-state index in [-0.39, 0.29) is 5.69 Å². The van der Waals surface area contributed by atoms with Crippen LogP contribution in [-0.4, -0.2) is 18.0 Å². The van der Waals surface area contributed by atoms with Crippen molar-refractivity contribution in [3.8, 4) is 0 Å². The number of nitro benzene ring substituents is 1. The van der Waals surface area contributed by atoms with Gasteiger partial charge in [0.2, 0.25) is 0 Å². The summed E-state index contributed by atoms with van der Waals surface area (Å²) < 4.78 is 0. The van der Waals surface area contributed by atoms with Crippen molar-refractivity contribution in [2.24, 2.45) is 5.92 Å². The molecule has 0 atom stereocenters. The minimum absolute atomic E-state index is 0.0547. The molecule has 1 aliphatic rings. The molecule has 0 unspecified atom stereocenters. The number of rotatable bonds is 6. The summed E-state index contributed by atoms with van der Waals surface area (Å²) in [5, 5.41) is 10.7. The molecule has 5 nitrogen and oxygen atoms in total. The number of nitrogen functional groups attached to an aromatic ring is 1. The summed E-state index contributed by atoms with van der Waals surface area (Å²) in [5.41, 5.74) is 7.42. The summed E-state index contributed by atoms with van der Waals surface area (Å²) in [7, 11) is 0. The van der Waals surface area contributed by atoms with Gasteiger partial charge in [-0.05, 0) is 31.2 Å². The summed E-state index contributed by atoms with van der Waals surface area (Å²) >= 11 is 0. The fourth-order valence-corrected chi connectivity index (χ4v) is 2.14. The molecular weight excluding hydrogens is 230 g/mol. The third-order valence-electron chi connectivity index (χ3n) is 3.23. The van der Waals surface area contributed by atoms with Crippen LogP contribution in [0, 0.1) is 16.0 Å². The summed E-state index contributed by atoms with van der Waals surface area (Å²) in [5.74, 6) is 0.770. The van der Waals surface area contributed by atoms with Gasteiger partial charge in [0.05, 0.1) is 16.3 Å². The quantitative estimate of drug-likeness (QED) is 0.478. The lowest BCUT2D eigenvalue weighted by Gasteiger charge is -2.25. The van der Waals surface area contributed by atoms with Crippen LogP contribution in [0.25, 0.3) is 0 Å². The first-order valence-electron chi connectivity index (χ1n) is 6.40. The molecule has 1 aromatic carbocycles. The molecule has 0 saturated heterocycles. The molecule has 1 aromatic rings. The number of hydrogen-bond donors (Lipinski definition) is 1. The van der Waals surface area contributed by atoms with Crippen molar-refractivity contribution in [1.82, 2.24) is 0 Å². The second-order valence-corrected chi connectivity index (χ2v) is 4.89. The van der Waals surface area contributed by atoms with Crippen LogP contribution in [0.4, 0.5) is 17.1 Å². The molecule has 1 saturated carbocycles. The normalized spacial score (nSPS) is 14.5. The van der Waals surface area contributed by atoms with Gasteiger partial charge in [-0.1, -0.05) is 6.92 Å². The van der Waals surface area contributed by atoms with E-state index in [0.717, 1.165) is 31.1 Å². The molecule has 1 aliphatic carbocycles. The second kappa shape index (κ2) is 5.25. The predicted molar refractivity (Wildman–Crippen MR) is 72.7 cm³/mol. The summed E-state index contributed by atoms with van der Waals surface area (Å²) in [6.45, 7) is 4.08. The van der Waals surface area contributed by atoms with E-state index in [0.29, 0.717) is 5.69 Å². The number of hydrogen-bond acceptors (Lipinski definition) is 4. The van der Waals surface area contributed by atoms with Crippen molar-refractivity contribution in [1.29, 1.82) is 0 Å². The fourth-order valence-electron chi connectivity index (χ4n) is 2.14. The van der Waals surface area contributed by atoms with E-state index in [4.69, 9.17) is 5.73 Å². The topological polar surface area (TPSA) is 72.4 Å². The molecule has 0 amide bonds. The van der Waals surface area contributed by atoms with Crippen molar-refractivity contribution < 1.29 is 4.92 Å². The molecule has 2 rings (SSSR count). The molecule has 5 heteroatoms. The van der Waals surface area contributed by atoms with E-state index >= 15 is 0 Å². The highest BCUT2D eigenvalue weighted by molar-refractivity contribution is 5.70. The Labute approximate surface area is 107 Å². The Hall–Kier alpha value is -1.78. The maximum atomic E-state index is 10.7. The van der Waals surface area contributed by atoms with Crippen LogP contribution in [0.15, 0.2) is 18.2 Å². The van der Waals surface area contributed by atoms with Gasteiger partial charge in [-0.3, -0.25) is 10.1 Å². The Bertz CT molecular complexity index is 444. The molecule has 0 aliphatic heterocycles. The molecule has 18 heavy (non-hydrogen) atoms. The van der Waals surface area contributed by atoms with Crippen LogP contribution >= 0.6 is 0 Å². The van der Waals surface area contributed by atoms with Crippen LogP contribution in [0.3, 0.4) is 0 Å². The summed E-state index contributed by atoms with van der Waals surface area (Å²) in [4.78, 5) is 12.5. The molecule has 0 spiro atoms. The van der Waals surface area contributed by atoms with Gasteiger partial charge in [0.25, 0.3) is 5.69 Å².